The lowest BCUT2D eigenvalue weighted by molar-refractivity contribution is -0.137. The van der Waals surface area contributed by atoms with Crippen LogP contribution in [0.4, 0.5) is 18.9 Å². The van der Waals surface area contributed by atoms with Gasteiger partial charge >= 0.3 is 6.18 Å². The number of nitrogens with zero attached hydrogens (tertiary/aromatic N) is 3. The molecule has 2 atom stereocenters. The largest absolute Gasteiger partial charge is 0.416 e. The molecule has 2 aromatic carbocycles. The van der Waals surface area contributed by atoms with Crippen LogP contribution in [0.15, 0.2) is 79.0 Å². The molecule has 0 unspecified atom stereocenters. The molecule has 0 radical (unpaired) electrons. The first-order valence-electron chi connectivity index (χ1n) is 12.5. The molecule has 0 amide bonds. The third kappa shape index (κ3) is 4.69. The first-order valence-corrected chi connectivity index (χ1v) is 12.9. The van der Waals surface area contributed by atoms with E-state index < -0.39 is 11.7 Å². The van der Waals surface area contributed by atoms with Crippen molar-refractivity contribution in [3.63, 3.8) is 0 Å². The zero-order chi connectivity index (χ0) is 27.2. The molecular formula is C30H29F3N4S. The van der Waals surface area contributed by atoms with Crippen LogP contribution in [0.3, 0.4) is 0 Å². The standard InChI is InChI=1S/C30H29F3N4S/c1-18(2)21-11-13-23(14-12-21)37-28(27(35-29(37)38)26-10-5-6-15-34-26)25-16-19(3)36(20(25)4)24-9-7-8-22(17-24)30(31,32)33/h5-18,27-28H,1-4H3,(H,35,38)/t27-,28+/m1/s1. The number of rotatable bonds is 5. The highest BCUT2D eigenvalue weighted by Crippen LogP contribution is 2.44. The fourth-order valence-corrected chi connectivity index (χ4v) is 5.62. The normalized spacial score (nSPS) is 17.8. The minimum atomic E-state index is -4.42. The molecule has 1 N–H and O–H groups in total. The molecule has 5 rings (SSSR count). The summed E-state index contributed by atoms with van der Waals surface area (Å²) >= 11 is 5.85. The van der Waals surface area contributed by atoms with Crippen LogP contribution in [0.2, 0.25) is 0 Å². The van der Waals surface area contributed by atoms with Gasteiger partial charge in [-0.3, -0.25) is 4.98 Å². The highest BCUT2D eigenvalue weighted by molar-refractivity contribution is 7.80. The second-order valence-electron chi connectivity index (χ2n) is 9.95. The number of hydrogen-bond acceptors (Lipinski definition) is 2. The van der Waals surface area contributed by atoms with Crippen molar-refractivity contribution in [3.05, 3.63) is 113 Å². The molecule has 0 spiro atoms. The van der Waals surface area contributed by atoms with Crippen LogP contribution < -0.4 is 10.2 Å². The van der Waals surface area contributed by atoms with Crippen LogP contribution >= 0.6 is 12.2 Å². The summed E-state index contributed by atoms with van der Waals surface area (Å²) in [5.41, 5.74) is 5.46. The molecule has 0 bridgehead atoms. The third-order valence-corrected chi connectivity index (χ3v) is 7.47. The van der Waals surface area contributed by atoms with E-state index in [0.717, 1.165) is 34.4 Å². The Balaban J connectivity index is 1.65. The van der Waals surface area contributed by atoms with Crippen LogP contribution in [-0.4, -0.2) is 14.7 Å². The van der Waals surface area contributed by atoms with Gasteiger partial charge in [0.15, 0.2) is 5.11 Å². The molecule has 38 heavy (non-hydrogen) atoms. The number of aromatic nitrogens is 2. The van der Waals surface area contributed by atoms with E-state index in [1.165, 1.54) is 17.7 Å². The highest BCUT2D eigenvalue weighted by atomic mass is 32.1. The topological polar surface area (TPSA) is 33.1 Å². The monoisotopic (exact) mass is 534 g/mol. The van der Waals surface area contributed by atoms with Crippen molar-refractivity contribution < 1.29 is 13.2 Å². The molecule has 196 valence electrons. The van der Waals surface area contributed by atoms with E-state index in [2.05, 4.69) is 53.3 Å². The Kier molecular flexibility index (Phi) is 6.77. The Bertz CT molecular complexity index is 1460. The zero-order valence-corrected chi connectivity index (χ0v) is 22.4. The van der Waals surface area contributed by atoms with E-state index in [1.807, 2.05) is 42.7 Å². The maximum Gasteiger partial charge on any atom is 0.416 e. The summed E-state index contributed by atoms with van der Waals surface area (Å²) in [7, 11) is 0. The minimum absolute atomic E-state index is 0.246. The predicted molar refractivity (Wildman–Crippen MR) is 149 cm³/mol. The van der Waals surface area contributed by atoms with Crippen molar-refractivity contribution in [3.8, 4) is 5.69 Å². The second kappa shape index (κ2) is 9.91. The van der Waals surface area contributed by atoms with Gasteiger partial charge in [-0.25, -0.2) is 0 Å². The average molecular weight is 535 g/mol. The molecule has 3 heterocycles. The summed E-state index contributed by atoms with van der Waals surface area (Å²) in [5, 5.41) is 4.04. The molecule has 2 aromatic heterocycles. The number of anilines is 1. The lowest BCUT2D eigenvalue weighted by Crippen LogP contribution is -2.29. The van der Waals surface area contributed by atoms with E-state index in [0.29, 0.717) is 16.7 Å². The molecule has 1 aliphatic rings. The molecule has 0 saturated carbocycles. The van der Waals surface area contributed by atoms with Crippen molar-refractivity contribution in [1.29, 1.82) is 0 Å². The Hall–Kier alpha value is -3.65. The maximum atomic E-state index is 13.5. The first-order chi connectivity index (χ1) is 18.1. The molecule has 1 aliphatic heterocycles. The van der Waals surface area contributed by atoms with Crippen LogP contribution in [0, 0.1) is 13.8 Å². The summed E-state index contributed by atoms with van der Waals surface area (Å²) < 4.78 is 42.3. The molecule has 4 aromatic rings. The van der Waals surface area contributed by atoms with Gasteiger partial charge in [-0.1, -0.05) is 38.1 Å². The van der Waals surface area contributed by atoms with Crippen LogP contribution in [0.25, 0.3) is 5.69 Å². The Morgan fingerprint density at radius 3 is 2.29 bits per heavy atom. The minimum Gasteiger partial charge on any atom is -0.351 e. The van der Waals surface area contributed by atoms with Gasteiger partial charge in [0.1, 0.15) is 0 Å². The number of thiocarbonyl (C=S) groups is 1. The molecule has 8 heteroatoms. The molecule has 4 nitrogen and oxygen atoms in total. The van der Waals surface area contributed by atoms with Gasteiger partial charge in [0.2, 0.25) is 0 Å². The lowest BCUT2D eigenvalue weighted by atomic mass is 9.96. The van der Waals surface area contributed by atoms with Crippen molar-refractivity contribution in [2.75, 3.05) is 4.90 Å². The molecule has 1 fully saturated rings. The summed E-state index contributed by atoms with van der Waals surface area (Å²) in [6.45, 7) is 8.16. The first kappa shape index (κ1) is 26.0. The lowest BCUT2D eigenvalue weighted by Gasteiger charge is -2.28. The molecule has 1 saturated heterocycles. The number of halogens is 3. The van der Waals surface area contributed by atoms with E-state index >= 15 is 0 Å². The van der Waals surface area contributed by atoms with Crippen molar-refractivity contribution in [2.24, 2.45) is 0 Å². The quantitative estimate of drug-likeness (QED) is 0.265. The summed E-state index contributed by atoms with van der Waals surface area (Å²) in [6.07, 6.45) is -2.67. The van der Waals surface area contributed by atoms with Gasteiger partial charge in [0.25, 0.3) is 0 Å². The summed E-state index contributed by atoms with van der Waals surface area (Å²) in [5.74, 6) is 0.399. The fraction of sp³-hybridized carbons (Fsp3) is 0.267. The van der Waals surface area contributed by atoms with Gasteiger partial charge in [-0.15, -0.1) is 0 Å². The Morgan fingerprint density at radius 1 is 0.921 bits per heavy atom. The smallest absolute Gasteiger partial charge is 0.351 e. The van der Waals surface area contributed by atoms with E-state index in [-0.39, 0.29) is 12.1 Å². The van der Waals surface area contributed by atoms with Gasteiger partial charge in [0, 0.05) is 29.0 Å². The van der Waals surface area contributed by atoms with Crippen LogP contribution in [0.1, 0.15) is 65.6 Å². The third-order valence-electron chi connectivity index (χ3n) is 7.16. The summed E-state index contributed by atoms with van der Waals surface area (Å²) in [6, 6.07) is 21.1. The van der Waals surface area contributed by atoms with Crippen molar-refractivity contribution in [2.45, 2.75) is 51.9 Å². The summed E-state index contributed by atoms with van der Waals surface area (Å²) in [4.78, 5) is 6.71. The predicted octanol–water partition coefficient (Wildman–Crippen LogP) is 7.81. The number of pyridine rings is 1. The second-order valence-corrected chi connectivity index (χ2v) is 10.3. The van der Waals surface area contributed by atoms with Crippen LogP contribution in [-0.2, 0) is 6.18 Å². The Labute approximate surface area is 226 Å². The maximum absolute atomic E-state index is 13.5. The van der Waals surface area contributed by atoms with Gasteiger partial charge in [0.05, 0.1) is 23.3 Å². The van der Waals surface area contributed by atoms with Crippen molar-refractivity contribution >= 4 is 23.0 Å². The number of alkyl halides is 3. The average Bonchev–Trinajstić information content (AvgIpc) is 3.39. The molecule has 0 aliphatic carbocycles. The number of benzene rings is 2. The molecular weight excluding hydrogens is 505 g/mol. The highest BCUT2D eigenvalue weighted by Gasteiger charge is 2.42. The number of aryl methyl sites for hydroxylation is 1. The van der Waals surface area contributed by atoms with Gasteiger partial charge in [-0.2, -0.15) is 13.2 Å². The fourth-order valence-electron chi connectivity index (χ4n) is 5.27. The van der Waals surface area contributed by atoms with Gasteiger partial charge < -0.3 is 14.8 Å². The van der Waals surface area contributed by atoms with E-state index in [4.69, 9.17) is 12.2 Å². The number of hydrogen-bond donors (Lipinski definition) is 1. The van der Waals surface area contributed by atoms with Gasteiger partial charge in [-0.05, 0) is 91.6 Å². The van der Waals surface area contributed by atoms with Crippen LogP contribution in [0.5, 0.6) is 0 Å². The SMILES string of the molecule is Cc1cc([C@H]2[C@@H](c3ccccn3)NC(=S)N2c2ccc(C(C)C)cc2)c(C)n1-c1cccc(C(F)(F)F)c1. The van der Waals surface area contributed by atoms with E-state index in [9.17, 15) is 13.2 Å². The Morgan fingerprint density at radius 2 is 1.66 bits per heavy atom. The van der Waals surface area contributed by atoms with Crippen molar-refractivity contribution in [1.82, 2.24) is 14.9 Å². The zero-order valence-electron chi connectivity index (χ0n) is 21.6. The number of nitrogens with one attached hydrogen (secondary N) is 1. The van der Waals surface area contributed by atoms with E-state index in [1.54, 1.807) is 12.3 Å².